The van der Waals surface area contributed by atoms with E-state index < -0.39 is 43.8 Å². The molecule has 1 aliphatic heterocycles. The SMILES string of the molecule is COc1ccc(C(OCC2O[C@@H](n3cc(C)c(=O)[nH]c3=O)C[C@H]2OP(OCCC#N)N(C(C)C)C(C)C)(c2ccccc2)c2ccc(OC)cc2)cc1. The minimum atomic E-state index is -1.67. The summed E-state index contributed by atoms with van der Waals surface area (Å²) in [6.07, 6.45) is -0.0783. The van der Waals surface area contributed by atoms with Crippen LogP contribution in [0.15, 0.2) is 94.6 Å². The number of nitrogens with zero attached hydrogens (tertiary/aromatic N) is 3. The number of benzene rings is 3. The molecule has 4 aromatic rings. The van der Waals surface area contributed by atoms with Gasteiger partial charge in [0, 0.05) is 30.3 Å². The van der Waals surface area contributed by atoms with E-state index in [4.69, 9.17) is 28.0 Å². The smallest absolute Gasteiger partial charge is 0.330 e. The summed E-state index contributed by atoms with van der Waals surface area (Å²) in [4.78, 5) is 27.8. The molecule has 53 heavy (non-hydrogen) atoms. The third kappa shape index (κ3) is 9.07. The van der Waals surface area contributed by atoms with Gasteiger partial charge in [-0.15, -0.1) is 0 Å². The lowest BCUT2D eigenvalue weighted by Gasteiger charge is -2.39. The summed E-state index contributed by atoms with van der Waals surface area (Å²) >= 11 is 0. The molecule has 0 saturated carbocycles. The van der Waals surface area contributed by atoms with Crippen LogP contribution in [0.1, 0.15) is 69.0 Å². The third-order valence-corrected chi connectivity index (χ3v) is 11.3. The Kier molecular flexibility index (Phi) is 13.6. The van der Waals surface area contributed by atoms with Gasteiger partial charge >= 0.3 is 5.69 Å². The van der Waals surface area contributed by atoms with Crippen molar-refractivity contribution in [1.82, 2.24) is 14.2 Å². The number of aromatic amines is 1. The van der Waals surface area contributed by atoms with E-state index in [0.29, 0.717) is 17.1 Å². The standard InChI is InChI=1S/C40H49N4O8P/c1-27(2)44(28(3)4)53(50-23-11-22-41)52-35-24-37(43-25-29(5)38(45)42-39(43)46)51-36(35)26-49-40(30-12-9-8-10-13-30,31-14-18-33(47-6)19-15-31)32-16-20-34(48-7)21-17-32/h8-10,12-21,25,27-28,35-37H,11,23-24,26H2,1-7H3,(H,42,45,46)/t35-,36?,37-,53?/m1/s1. The molecule has 5 rings (SSSR count). The fraction of sp³-hybridized carbons (Fsp3) is 0.425. The number of hydrogen-bond donors (Lipinski definition) is 1. The van der Waals surface area contributed by atoms with Crippen LogP contribution < -0.4 is 20.7 Å². The van der Waals surface area contributed by atoms with Gasteiger partial charge in [0.2, 0.25) is 0 Å². The molecule has 1 aliphatic rings. The number of nitrogens with one attached hydrogen (secondary N) is 1. The Labute approximate surface area is 312 Å². The van der Waals surface area contributed by atoms with E-state index >= 15 is 0 Å². The molecular formula is C40H49N4O8P. The molecule has 282 valence electrons. The monoisotopic (exact) mass is 744 g/mol. The lowest BCUT2D eigenvalue weighted by atomic mass is 9.80. The number of aromatic nitrogens is 2. The predicted molar refractivity (Wildman–Crippen MR) is 203 cm³/mol. The maximum absolute atomic E-state index is 13.1. The molecule has 13 heteroatoms. The highest BCUT2D eigenvalue weighted by molar-refractivity contribution is 7.44. The van der Waals surface area contributed by atoms with Crippen molar-refractivity contribution >= 4 is 8.53 Å². The molecule has 1 N–H and O–H groups in total. The Morgan fingerprint density at radius 2 is 1.49 bits per heavy atom. The first-order valence-corrected chi connectivity index (χ1v) is 18.9. The van der Waals surface area contributed by atoms with Gasteiger partial charge in [0.05, 0.1) is 46.0 Å². The van der Waals surface area contributed by atoms with Gasteiger partial charge in [-0.3, -0.25) is 14.3 Å². The van der Waals surface area contributed by atoms with Gasteiger partial charge in [0.1, 0.15) is 29.4 Å². The highest BCUT2D eigenvalue weighted by atomic mass is 31.2. The van der Waals surface area contributed by atoms with Crippen LogP contribution in [0.4, 0.5) is 0 Å². The number of methoxy groups -OCH3 is 2. The first-order valence-electron chi connectivity index (χ1n) is 17.7. The molecule has 1 saturated heterocycles. The Morgan fingerprint density at radius 3 is 2.02 bits per heavy atom. The second kappa shape index (κ2) is 18.1. The fourth-order valence-corrected chi connectivity index (χ4v) is 8.38. The first-order chi connectivity index (χ1) is 25.5. The summed E-state index contributed by atoms with van der Waals surface area (Å²) in [6.45, 7) is 10.2. The maximum atomic E-state index is 13.1. The van der Waals surface area contributed by atoms with Crippen molar-refractivity contribution in [3.05, 3.63) is 128 Å². The molecule has 3 aromatic carbocycles. The van der Waals surface area contributed by atoms with Crippen molar-refractivity contribution in [3.8, 4) is 17.6 Å². The van der Waals surface area contributed by atoms with Crippen molar-refractivity contribution in [3.63, 3.8) is 0 Å². The quantitative estimate of drug-likeness (QED) is 0.0697. The molecule has 0 spiro atoms. The van der Waals surface area contributed by atoms with E-state index in [9.17, 15) is 14.9 Å². The van der Waals surface area contributed by atoms with Crippen LogP contribution in [-0.2, 0) is 24.1 Å². The van der Waals surface area contributed by atoms with E-state index in [2.05, 4.69) is 43.4 Å². The van der Waals surface area contributed by atoms with Gasteiger partial charge in [-0.2, -0.15) is 5.26 Å². The van der Waals surface area contributed by atoms with Gasteiger partial charge in [0.25, 0.3) is 14.1 Å². The second-order valence-electron chi connectivity index (χ2n) is 13.3. The Hall–Kier alpha value is -4.34. The van der Waals surface area contributed by atoms with E-state index in [-0.39, 0.29) is 38.1 Å². The number of hydrogen-bond acceptors (Lipinski definition) is 10. The van der Waals surface area contributed by atoms with Crippen LogP contribution in [0.2, 0.25) is 0 Å². The molecule has 2 unspecified atom stereocenters. The molecular weight excluding hydrogens is 695 g/mol. The molecule has 0 amide bonds. The van der Waals surface area contributed by atoms with Crippen molar-refractivity contribution in [1.29, 1.82) is 5.26 Å². The Balaban J connectivity index is 1.60. The molecule has 0 bridgehead atoms. The lowest BCUT2D eigenvalue weighted by Crippen LogP contribution is -2.39. The normalized spacial score (nSPS) is 18.0. The molecule has 1 fully saturated rings. The van der Waals surface area contributed by atoms with Gasteiger partial charge in [-0.25, -0.2) is 9.46 Å². The van der Waals surface area contributed by atoms with Crippen molar-refractivity contribution in [2.45, 2.75) is 83.6 Å². The summed E-state index contributed by atoms with van der Waals surface area (Å²) in [5, 5.41) is 9.29. The largest absolute Gasteiger partial charge is 0.497 e. The topological polar surface area (TPSA) is 137 Å². The molecule has 0 aliphatic carbocycles. The molecule has 4 atom stereocenters. The van der Waals surface area contributed by atoms with E-state index in [0.717, 1.165) is 16.7 Å². The fourth-order valence-electron chi connectivity index (χ4n) is 6.62. The van der Waals surface area contributed by atoms with Crippen LogP contribution in [0, 0.1) is 18.3 Å². The number of rotatable bonds is 17. The van der Waals surface area contributed by atoms with Crippen LogP contribution in [0.3, 0.4) is 0 Å². The highest BCUT2D eigenvalue weighted by Gasteiger charge is 2.45. The van der Waals surface area contributed by atoms with Gasteiger partial charge < -0.3 is 28.0 Å². The zero-order valence-electron chi connectivity index (χ0n) is 31.4. The number of aryl methyl sites for hydroxylation is 1. The van der Waals surface area contributed by atoms with E-state index in [1.807, 2.05) is 78.9 Å². The van der Waals surface area contributed by atoms with E-state index in [1.165, 1.54) is 10.8 Å². The molecule has 1 aromatic heterocycles. The van der Waals surface area contributed by atoms with Crippen LogP contribution in [-0.4, -0.2) is 65.9 Å². The zero-order chi connectivity index (χ0) is 38.1. The van der Waals surface area contributed by atoms with Crippen molar-refractivity contribution in [2.75, 3.05) is 27.4 Å². The average Bonchev–Trinajstić information content (AvgIpc) is 3.56. The molecule has 12 nitrogen and oxygen atoms in total. The van der Waals surface area contributed by atoms with E-state index in [1.54, 1.807) is 21.1 Å². The minimum absolute atomic E-state index is 0.0376. The second-order valence-corrected chi connectivity index (χ2v) is 14.8. The summed E-state index contributed by atoms with van der Waals surface area (Å²) < 4.78 is 41.6. The van der Waals surface area contributed by atoms with Gasteiger partial charge in [-0.05, 0) is 75.6 Å². The average molecular weight is 745 g/mol. The summed E-state index contributed by atoms with van der Waals surface area (Å²) in [6, 6.07) is 27.8. The zero-order valence-corrected chi connectivity index (χ0v) is 32.2. The minimum Gasteiger partial charge on any atom is -0.497 e. The Bertz CT molecular complexity index is 1870. The summed E-state index contributed by atoms with van der Waals surface area (Å²) in [5.74, 6) is 1.40. The number of H-pyrrole nitrogens is 1. The van der Waals surface area contributed by atoms with Crippen LogP contribution in [0.25, 0.3) is 0 Å². The first kappa shape index (κ1) is 39.9. The lowest BCUT2D eigenvalue weighted by molar-refractivity contribution is -0.0926. The highest BCUT2D eigenvalue weighted by Crippen LogP contribution is 2.50. The Morgan fingerprint density at radius 1 is 0.925 bits per heavy atom. The summed E-state index contributed by atoms with van der Waals surface area (Å²) in [5.41, 5.74) is 0.779. The summed E-state index contributed by atoms with van der Waals surface area (Å²) in [7, 11) is 1.59. The predicted octanol–water partition coefficient (Wildman–Crippen LogP) is 6.82. The number of ether oxygens (including phenoxy) is 4. The molecule has 0 radical (unpaired) electrons. The van der Waals surface area contributed by atoms with Gasteiger partial charge in [-0.1, -0.05) is 54.6 Å². The van der Waals surface area contributed by atoms with Crippen LogP contribution in [0.5, 0.6) is 11.5 Å². The maximum Gasteiger partial charge on any atom is 0.330 e. The van der Waals surface area contributed by atoms with Crippen molar-refractivity contribution < 1.29 is 28.0 Å². The third-order valence-electron chi connectivity index (χ3n) is 9.16. The van der Waals surface area contributed by atoms with Gasteiger partial charge in [0.15, 0.2) is 0 Å². The van der Waals surface area contributed by atoms with Crippen molar-refractivity contribution in [2.24, 2.45) is 0 Å². The molecule has 2 heterocycles. The number of nitriles is 1. The van der Waals surface area contributed by atoms with Crippen LogP contribution >= 0.6 is 8.53 Å².